The van der Waals surface area contributed by atoms with Gasteiger partial charge in [0.05, 0.1) is 0 Å². The molecule has 1 saturated heterocycles. The lowest BCUT2D eigenvalue weighted by atomic mass is 10.0. The summed E-state index contributed by atoms with van der Waals surface area (Å²) in [6, 6.07) is 13.6. The van der Waals surface area contributed by atoms with E-state index in [9.17, 15) is 0 Å². The first-order valence-corrected chi connectivity index (χ1v) is 11.4. The SMILES string of the molecule is C=Cc1cc(OCc2nc(C3CCOCC3)oc2Sc2ccc(Cl)cc2)ccc1NC. The van der Waals surface area contributed by atoms with Crippen molar-refractivity contribution in [2.45, 2.75) is 35.4 Å². The van der Waals surface area contributed by atoms with Gasteiger partial charge in [-0.2, -0.15) is 0 Å². The molecule has 0 amide bonds. The molecule has 162 valence electrons. The third-order valence-corrected chi connectivity index (χ3v) is 6.42. The van der Waals surface area contributed by atoms with Crippen molar-refractivity contribution in [3.63, 3.8) is 0 Å². The monoisotopic (exact) mass is 456 g/mol. The fourth-order valence-corrected chi connectivity index (χ4v) is 4.40. The number of benzene rings is 2. The van der Waals surface area contributed by atoms with Gasteiger partial charge in [-0.3, -0.25) is 0 Å². The molecule has 1 aliphatic rings. The highest BCUT2D eigenvalue weighted by Crippen LogP contribution is 2.36. The lowest BCUT2D eigenvalue weighted by molar-refractivity contribution is 0.0786. The van der Waals surface area contributed by atoms with Gasteiger partial charge in [-0.1, -0.05) is 24.3 Å². The first kappa shape index (κ1) is 21.8. The largest absolute Gasteiger partial charge is 0.487 e. The molecule has 1 aliphatic heterocycles. The zero-order valence-corrected chi connectivity index (χ0v) is 19.0. The van der Waals surface area contributed by atoms with Crippen LogP contribution in [0.2, 0.25) is 5.02 Å². The van der Waals surface area contributed by atoms with E-state index in [4.69, 9.17) is 30.5 Å². The normalized spacial score (nSPS) is 14.4. The van der Waals surface area contributed by atoms with Crippen molar-refractivity contribution in [2.75, 3.05) is 25.6 Å². The summed E-state index contributed by atoms with van der Waals surface area (Å²) < 4.78 is 17.8. The molecule has 1 N–H and O–H groups in total. The molecule has 3 aromatic rings. The molecular formula is C24H25ClN2O3S. The predicted octanol–water partition coefficient (Wildman–Crippen LogP) is 6.64. The van der Waals surface area contributed by atoms with Crippen molar-refractivity contribution < 1.29 is 13.9 Å². The van der Waals surface area contributed by atoms with E-state index in [1.165, 1.54) is 11.8 Å². The van der Waals surface area contributed by atoms with Gasteiger partial charge < -0.3 is 19.2 Å². The summed E-state index contributed by atoms with van der Waals surface area (Å²) in [6.45, 7) is 5.67. The van der Waals surface area contributed by atoms with E-state index < -0.39 is 0 Å². The molecule has 7 heteroatoms. The predicted molar refractivity (Wildman–Crippen MR) is 125 cm³/mol. The molecule has 0 aliphatic carbocycles. The van der Waals surface area contributed by atoms with E-state index in [0.717, 1.165) is 64.6 Å². The van der Waals surface area contributed by atoms with Crippen LogP contribution in [0.1, 0.15) is 35.9 Å². The van der Waals surface area contributed by atoms with E-state index >= 15 is 0 Å². The average Bonchev–Trinajstić information content (AvgIpc) is 3.22. The summed E-state index contributed by atoms with van der Waals surface area (Å²) in [5.74, 6) is 1.79. The first-order valence-electron chi connectivity index (χ1n) is 10.2. The molecule has 1 aromatic heterocycles. The van der Waals surface area contributed by atoms with Crippen LogP contribution in [0, 0.1) is 0 Å². The minimum atomic E-state index is 0.273. The Morgan fingerprint density at radius 1 is 1.23 bits per heavy atom. The third kappa shape index (κ3) is 5.45. The first-order chi connectivity index (χ1) is 15.2. The van der Waals surface area contributed by atoms with Crippen LogP contribution < -0.4 is 10.1 Å². The number of oxazole rings is 1. The topological polar surface area (TPSA) is 56.5 Å². The minimum Gasteiger partial charge on any atom is -0.487 e. The van der Waals surface area contributed by atoms with Crippen molar-refractivity contribution in [2.24, 2.45) is 0 Å². The zero-order chi connectivity index (χ0) is 21.6. The Hall–Kier alpha value is -2.41. The number of ether oxygens (including phenoxy) is 2. The second-order valence-electron chi connectivity index (χ2n) is 7.22. The summed E-state index contributed by atoms with van der Waals surface area (Å²) in [5.41, 5.74) is 2.78. The molecule has 4 rings (SSSR count). The molecule has 2 heterocycles. The Labute approximate surface area is 191 Å². The molecule has 5 nitrogen and oxygen atoms in total. The number of halogens is 1. The Morgan fingerprint density at radius 3 is 2.71 bits per heavy atom. The molecule has 31 heavy (non-hydrogen) atoms. The van der Waals surface area contributed by atoms with E-state index in [1.807, 2.05) is 49.5 Å². The van der Waals surface area contributed by atoms with Crippen LogP contribution >= 0.6 is 23.4 Å². The summed E-state index contributed by atoms with van der Waals surface area (Å²) in [7, 11) is 1.89. The van der Waals surface area contributed by atoms with Gasteiger partial charge in [0.15, 0.2) is 11.0 Å². The summed E-state index contributed by atoms with van der Waals surface area (Å²) >= 11 is 7.56. The van der Waals surface area contributed by atoms with E-state index in [0.29, 0.717) is 11.6 Å². The van der Waals surface area contributed by atoms with Crippen LogP contribution in [-0.4, -0.2) is 25.2 Å². The summed E-state index contributed by atoms with van der Waals surface area (Å²) in [6.07, 6.45) is 3.64. The molecule has 0 unspecified atom stereocenters. The number of rotatable bonds is 8. The maximum absolute atomic E-state index is 6.22. The molecule has 1 fully saturated rings. The van der Waals surface area contributed by atoms with Crippen molar-refractivity contribution in [3.05, 3.63) is 71.2 Å². The van der Waals surface area contributed by atoms with Crippen LogP contribution in [-0.2, 0) is 11.3 Å². The number of anilines is 1. The maximum Gasteiger partial charge on any atom is 0.199 e. The number of nitrogens with zero attached hydrogens (tertiary/aromatic N) is 1. The number of aromatic nitrogens is 1. The fourth-order valence-electron chi connectivity index (χ4n) is 3.43. The Kier molecular flexibility index (Phi) is 7.22. The molecule has 0 bridgehead atoms. The molecule has 0 saturated carbocycles. The number of hydrogen-bond donors (Lipinski definition) is 1. The van der Waals surface area contributed by atoms with Crippen molar-refractivity contribution in [1.82, 2.24) is 4.98 Å². The van der Waals surface area contributed by atoms with Gasteiger partial charge in [-0.25, -0.2) is 4.98 Å². The Morgan fingerprint density at radius 2 is 2.00 bits per heavy atom. The van der Waals surface area contributed by atoms with Crippen molar-refractivity contribution >= 4 is 35.1 Å². The van der Waals surface area contributed by atoms with Gasteiger partial charge in [-0.15, -0.1) is 0 Å². The Balaban J connectivity index is 1.56. The van der Waals surface area contributed by atoms with Crippen LogP contribution in [0.15, 0.2) is 63.4 Å². The lowest BCUT2D eigenvalue weighted by Gasteiger charge is -2.18. The average molecular weight is 457 g/mol. The van der Waals surface area contributed by atoms with Gasteiger partial charge in [-0.05, 0) is 67.1 Å². The smallest absolute Gasteiger partial charge is 0.199 e. The van der Waals surface area contributed by atoms with Gasteiger partial charge in [0.2, 0.25) is 0 Å². The third-order valence-electron chi connectivity index (χ3n) is 5.16. The second-order valence-corrected chi connectivity index (χ2v) is 8.70. The van der Waals surface area contributed by atoms with Gasteiger partial charge in [0.25, 0.3) is 0 Å². The van der Waals surface area contributed by atoms with E-state index in [1.54, 1.807) is 6.08 Å². The van der Waals surface area contributed by atoms with E-state index in [2.05, 4.69) is 11.9 Å². The lowest BCUT2D eigenvalue weighted by Crippen LogP contribution is -2.14. The fraction of sp³-hybridized carbons (Fsp3) is 0.292. The minimum absolute atomic E-state index is 0.273. The van der Waals surface area contributed by atoms with Crippen LogP contribution in [0.5, 0.6) is 5.75 Å². The van der Waals surface area contributed by atoms with Crippen molar-refractivity contribution in [1.29, 1.82) is 0 Å². The summed E-state index contributed by atoms with van der Waals surface area (Å²) in [5, 5.41) is 4.61. The maximum atomic E-state index is 6.22. The molecule has 2 aromatic carbocycles. The molecule has 0 radical (unpaired) electrons. The van der Waals surface area contributed by atoms with Gasteiger partial charge >= 0.3 is 0 Å². The molecule has 0 spiro atoms. The Bertz CT molecular complexity index is 1030. The van der Waals surface area contributed by atoms with Crippen LogP contribution in [0.25, 0.3) is 6.08 Å². The highest BCUT2D eigenvalue weighted by molar-refractivity contribution is 7.99. The molecule has 0 atom stereocenters. The van der Waals surface area contributed by atoms with Crippen molar-refractivity contribution in [3.8, 4) is 5.75 Å². The van der Waals surface area contributed by atoms with Gasteiger partial charge in [0.1, 0.15) is 18.1 Å². The number of hydrogen-bond acceptors (Lipinski definition) is 6. The second kappa shape index (κ2) is 10.3. The highest BCUT2D eigenvalue weighted by atomic mass is 35.5. The van der Waals surface area contributed by atoms with Crippen LogP contribution in [0.4, 0.5) is 5.69 Å². The molecular weight excluding hydrogens is 432 g/mol. The standard InChI is InChI=1S/C24H25ClN2O3S/c1-3-16-14-19(6-9-21(16)26-2)29-15-22-24(31-20-7-4-18(25)5-8-20)30-23(27-22)17-10-12-28-13-11-17/h3-9,14,17,26H,1,10-13,15H2,2H3. The van der Waals surface area contributed by atoms with Crippen LogP contribution in [0.3, 0.4) is 0 Å². The zero-order valence-electron chi connectivity index (χ0n) is 17.4. The quantitative estimate of drug-likeness (QED) is 0.410. The summed E-state index contributed by atoms with van der Waals surface area (Å²) in [4.78, 5) is 5.85. The number of nitrogens with one attached hydrogen (secondary N) is 1. The van der Waals surface area contributed by atoms with E-state index in [-0.39, 0.29) is 5.92 Å². The highest BCUT2D eigenvalue weighted by Gasteiger charge is 2.24. The van der Waals surface area contributed by atoms with Gasteiger partial charge in [0, 0.05) is 47.3 Å².